The normalized spacial score (nSPS) is 10.6. The van der Waals surface area contributed by atoms with Gasteiger partial charge < -0.3 is 11.5 Å². The Kier molecular flexibility index (Phi) is 3.23. The van der Waals surface area contributed by atoms with E-state index >= 15 is 0 Å². The number of carbonyl (C=O) groups is 1. The number of anilines is 1. The van der Waals surface area contributed by atoms with Gasteiger partial charge >= 0.3 is 0 Å². The minimum atomic E-state index is -0.368. The quantitative estimate of drug-likeness (QED) is 0.743. The van der Waals surface area contributed by atoms with E-state index < -0.39 is 0 Å². The highest BCUT2D eigenvalue weighted by Gasteiger charge is 1.96. The van der Waals surface area contributed by atoms with Crippen molar-refractivity contribution in [2.45, 2.75) is 13.3 Å². The Bertz CT molecular complexity index is 372. The van der Waals surface area contributed by atoms with Crippen LogP contribution in [0.1, 0.15) is 17.8 Å². The van der Waals surface area contributed by atoms with Gasteiger partial charge in [-0.1, -0.05) is 6.08 Å². The Morgan fingerprint density at radius 3 is 2.93 bits per heavy atom. The molecule has 4 heteroatoms. The van der Waals surface area contributed by atoms with Crippen molar-refractivity contribution in [2.24, 2.45) is 5.73 Å². The molecule has 1 heterocycles. The van der Waals surface area contributed by atoms with E-state index in [0.29, 0.717) is 11.4 Å². The highest BCUT2D eigenvalue weighted by atomic mass is 16.1. The van der Waals surface area contributed by atoms with Gasteiger partial charge in [-0.3, -0.25) is 9.78 Å². The van der Waals surface area contributed by atoms with E-state index in [0.717, 1.165) is 5.69 Å². The lowest BCUT2D eigenvalue weighted by Gasteiger charge is -1.99. The maximum atomic E-state index is 10.5. The van der Waals surface area contributed by atoms with Crippen molar-refractivity contribution in [3.8, 4) is 0 Å². The lowest BCUT2D eigenvalue weighted by Crippen LogP contribution is -2.08. The van der Waals surface area contributed by atoms with Crippen LogP contribution in [0.15, 0.2) is 18.2 Å². The van der Waals surface area contributed by atoms with Crippen molar-refractivity contribution in [1.82, 2.24) is 4.98 Å². The first-order valence-corrected chi connectivity index (χ1v) is 4.27. The molecule has 1 amide bonds. The largest absolute Gasteiger partial charge is 0.397 e. The van der Waals surface area contributed by atoms with Crippen LogP contribution in [-0.4, -0.2) is 10.9 Å². The van der Waals surface area contributed by atoms with Crippen LogP contribution in [0.2, 0.25) is 0 Å². The Labute approximate surface area is 82.6 Å². The molecular weight excluding hydrogens is 178 g/mol. The zero-order valence-electron chi connectivity index (χ0n) is 8.03. The Hall–Kier alpha value is -1.84. The summed E-state index contributed by atoms with van der Waals surface area (Å²) in [7, 11) is 0. The summed E-state index contributed by atoms with van der Waals surface area (Å²) in [5, 5.41) is 0. The Morgan fingerprint density at radius 1 is 1.57 bits per heavy atom. The smallest absolute Gasteiger partial charge is 0.221 e. The van der Waals surface area contributed by atoms with Crippen LogP contribution in [0.3, 0.4) is 0 Å². The molecule has 0 aliphatic rings. The molecule has 0 fully saturated rings. The molecule has 0 aliphatic carbocycles. The van der Waals surface area contributed by atoms with Crippen LogP contribution >= 0.6 is 0 Å². The molecule has 0 saturated carbocycles. The standard InChI is InChI=1S/C10H13N3O/c1-7-5-6-8(11)9(13-7)3-2-4-10(12)14/h2-3,5-6H,4,11H2,1H3,(H2,12,14). The second kappa shape index (κ2) is 4.41. The molecule has 0 unspecified atom stereocenters. The van der Waals surface area contributed by atoms with Crippen molar-refractivity contribution in [2.75, 3.05) is 5.73 Å². The number of primary amides is 1. The first-order chi connectivity index (χ1) is 6.59. The van der Waals surface area contributed by atoms with Crippen molar-refractivity contribution in [3.63, 3.8) is 0 Å². The monoisotopic (exact) mass is 191 g/mol. The Balaban J connectivity index is 2.80. The third-order valence-corrected chi connectivity index (χ3v) is 1.69. The number of aromatic nitrogens is 1. The lowest BCUT2D eigenvalue weighted by molar-refractivity contribution is -0.117. The van der Waals surface area contributed by atoms with Crippen molar-refractivity contribution in [3.05, 3.63) is 29.6 Å². The number of aryl methyl sites for hydroxylation is 1. The lowest BCUT2D eigenvalue weighted by atomic mass is 10.2. The molecule has 1 rings (SSSR count). The van der Waals surface area contributed by atoms with Gasteiger partial charge in [-0.15, -0.1) is 0 Å². The van der Waals surface area contributed by atoms with Crippen LogP contribution in [-0.2, 0) is 4.79 Å². The van der Waals surface area contributed by atoms with Crippen molar-refractivity contribution < 1.29 is 4.79 Å². The average Bonchev–Trinajstić information content (AvgIpc) is 2.10. The molecule has 0 bridgehead atoms. The third kappa shape index (κ3) is 2.90. The van der Waals surface area contributed by atoms with Gasteiger partial charge in [-0.25, -0.2) is 0 Å². The van der Waals surface area contributed by atoms with E-state index in [1.807, 2.05) is 13.0 Å². The second-order valence-corrected chi connectivity index (χ2v) is 3.00. The first kappa shape index (κ1) is 10.2. The predicted molar refractivity (Wildman–Crippen MR) is 56.2 cm³/mol. The highest BCUT2D eigenvalue weighted by molar-refractivity contribution is 5.76. The number of rotatable bonds is 3. The SMILES string of the molecule is Cc1ccc(N)c(C=CCC(N)=O)n1. The summed E-state index contributed by atoms with van der Waals surface area (Å²) in [6.07, 6.45) is 3.56. The predicted octanol–water partition coefficient (Wildman–Crippen LogP) is 0.861. The van der Waals surface area contributed by atoms with Crippen molar-refractivity contribution >= 4 is 17.7 Å². The van der Waals surface area contributed by atoms with E-state index in [4.69, 9.17) is 11.5 Å². The van der Waals surface area contributed by atoms with Crippen LogP contribution in [0, 0.1) is 6.92 Å². The van der Waals surface area contributed by atoms with Gasteiger partial charge in [0.05, 0.1) is 11.4 Å². The average molecular weight is 191 g/mol. The number of pyridine rings is 1. The molecule has 74 valence electrons. The summed E-state index contributed by atoms with van der Waals surface area (Å²) in [6, 6.07) is 3.62. The minimum absolute atomic E-state index is 0.203. The fourth-order valence-corrected chi connectivity index (χ4v) is 1.01. The van der Waals surface area contributed by atoms with Crippen LogP contribution in [0.5, 0.6) is 0 Å². The van der Waals surface area contributed by atoms with Crippen LogP contribution in [0.25, 0.3) is 6.08 Å². The summed E-state index contributed by atoms with van der Waals surface area (Å²) in [5.74, 6) is -0.368. The van der Waals surface area contributed by atoms with Crippen LogP contribution < -0.4 is 11.5 Å². The highest BCUT2D eigenvalue weighted by Crippen LogP contribution is 2.11. The third-order valence-electron chi connectivity index (χ3n) is 1.69. The van der Waals surface area contributed by atoms with Crippen LogP contribution in [0.4, 0.5) is 5.69 Å². The molecule has 14 heavy (non-hydrogen) atoms. The summed E-state index contributed by atoms with van der Waals surface area (Å²) >= 11 is 0. The molecule has 0 spiro atoms. The van der Waals surface area contributed by atoms with Gasteiger partial charge in [0, 0.05) is 12.1 Å². The summed E-state index contributed by atoms with van der Waals surface area (Å²) in [6.45, 7) is 1.88. The molecule has 0 aliphatic heterocycles. The van der Waals surface area contributed by atoms with Gasteiger partial charge in [0.2, 0.25) is 5.91 Å². The molecule has 1 aromatic rings. The molecule has 0 atom stereocenters. The number of nitrogen functional groups attached to an aromatic ring is 1. The maximum absolute atomic E-state index is 10.5. The summed E-state index contributed by atoms with van der Waals surface area (Å²) in [5.41, 5.74) is 12.8. The maximum Gasteiger partial charge on any atom is 0.221 e. The van der Waals surface area contributed by atoms with Crippen molar-refractivity contribution in [1.29, 1.82) is 0 Å². The van der Waals surface area contributed by atoms with E-state index in [-0.39, 0.29) is 12.3 Å². The van der Waals surface area contributed by atoms with E-state index in [1.54, 1.807) is 18.2 Å². The molecule has 0 radical (unpaired) electrons. The zero-order chi connectivity index (χ0) is 10.6. The first-order valence-electron chi connectivity index (χ1n) is 4.27. The zero-order valence-corrected chi connectivity index (χ0v) is 8.03. The fraction of sp³-hybridized carbons (Fsp3) is 0.200. The number of hydrogen-bond acceptors (Lipinski definition) is 3. The number of hydrogen-bond donors (Lipinski definition) is 2. The molecule has 0 saturated heterocycles. The van der Waals surface area contributed by atoms with E-state index in [1.165, 1.54) is 0 Å². The topological polar surface area (TPSA) is 82.0 Å². The number of nitrogens with two attached hydrogens (primary N) is 2. The van der Waals surface area contributed by atoms with Gasteiger partial charge in [-0.2, -0.15) is 0 Å². The molecule has 4 nitrogen and oxygen atoms in total. The number of carbonyl (C=O) groups excluding carboxylic acids is 1. The van der Waals surface area contributed by atoms with Gasteiger partial charge in [-0.05, 0) is 25.1 Å². The molecular formula is C10H13N3O. The number of amides is 1. The summed E-state index contributed by atoms with van der Waals surface area (Å²) < 4.78 is 0. The summed E-state index contributed by atoms with van der Waals surface area (Å²) in [4.78, 5) is 14.7. The Morgan fingerprint density at radius 2 is 2.29 bits per heavy atom. The molecule has 0 aromatic carbocycles. The van der Waals surface area contributed by atoms with Gasteiger partial charge in [0.25, 0.3) is 0 Å². The van der Waals surface area contributed by atoms with Gasteiger partial charge in [0.1, 0.15) is 0 Å². The van der Waals surface area contributed by atoms with E-state index in [2.05, 4.69) is 4.98 Å². The molecule has 4 N–H and O–H groups in total. The second-order valence-electron chi connectivity index (χ2n) is 3.00. The molecule has 1 aromatic heterocycles. The van der Waals surface area contributed by atoms with Gasteiger partial charge in [0.15, 0.2) is 0 Å². The number of nitrogens with zero attached hydrogens (tertiary/aromatic N) is 1. The minimum Gasteiger partial charge on any atom is -0.397 e. The van der Waals surface area contributed by atoms with E-state index in [9.17, 15) is 4.79 Å². The fourth-order valence-electron chi connectivity index (χ4n) is 1.01.